The third kappa shape index (κ3) is 4.84. The quantitative estimate of drug-likeness (QED) is 0.676. The predicted octanol–water partition coefficient (Wildman–Crippen LogP) is 3.30. The molecule has 2 aromatic carbocycles. The van der Waals surface area contributed by atoms with Crippen molar-refractivity contribution in [2.45, 2.75) is 37.8 Å². The van der Waals surface area contributed by atoms with Crippen LogP contribution in [0.25, 0.3) is 11.1 Å². The molecule has 2 aliphatic heterocycles. The van der Waals surface area contributed by atoms with Gasteiger partial charge in [0.1, 0.15) is 11.6 Å². The van der Waals surface area contributed by atoms with E-state index >= 15 is 4.39 Å². The lowest BCUT2D eigenvalue weighted by Crippen LogP contribution is -2.58. The van der Waals surface area contributed by atoms with E-state index in [2.05, 4.69) is 4.72 Å². The van der Waals surface area contributed by atoms with E-state index in [-0.39, 0.29) is 41.9 Å². The van der Waals surface area contributed by atoms with Crippen LogP contribution in [0.1, 0.15) is 24.8 Å². The second kappa shape index (κ2) is 9.30. The number of fused-ring (bicyclic) bond motifs is 5. The van der Waals surface area contributed by atoms with Crippen molar-refractivity contribution < 1.29 is 35.5 Å². The van der Waals surface area contributed by atoms with Gasteiger partial charge in [0, 0.05) is 29.8 Å². The van der Waals surface area contributed by atoms with E-state index in [4.69, 9.17) is 4.74 Å². The van der Waals surface area contributed by atoms with Crippen LogP contribution < -0.4 is 9.46 Å². The molecule has 0 aliphatic carbocycles. The number of nitrogens with zero attached hydrogens (tertiary/aromatic N) is 1. The van der Waals surface area contributed by atoms with Crippen LogP contribution in [-0.4, -0.2) is 50.5 Å². The van der Waals surface area contributed by atoms with Gasteiger partial charge in [-0.25, -0.2) is 30.7 Å². The highest BCUT2D eigenvalue weighted by Gasteiger charge is 2.37. The van der Waals surface area contributed by atoms with Gasteiger partial charge in [0.25, 0.3) is 0 Å². The van der Waals surface area contributed by atoms with Gasteiger partial charge in [-0.15, -0.1) is 0 Å². The van der Waals surface area contributed by atoms with Crippen LogP contribution in [0.4, 0.5) is 17.6 Å². The van der Waals surface area contributed by atoms with Crippen molar-refractivity contribution in [1.29, 1.82) is 0 Å². The van der Waals surface area contributed by atoms with E-state index in [1.54, 1.807) is 0 Å². The maximum absolute atomic E-state index is 15.6. The zero-order valence-corrected chi connectivity index (χ0v) is 18.3. The van der Waals surface area contributed by atoms with E-state index in [0.717, 1.165) is 6.07 Å². The van der Waals surface area contributed by atoms with Gasteiger partial charge < -0.3 is 9.64 Å². The first-order chi connectivity index (χ1) is 15.7. The molecule has 178 valence electrons. The molecule has 0 aromatic heterocycles. The number of nitrogens with one attached hydrogen (secondary N) is 1. The Hall–Kier alpha value is -2.66. The van der Waals surface area contributed by atoms with Crippen LogP contribution in [0.2, 0.25) is 0 Å². The molecule has 1 N–H and O–H groups in total. The van der Waals surface area contributed by atoms with Crippen LogP contribution in [-0.2, 0) is 21.2 Å². The first kappa shape index (κ1) is 23.5. The fourth-order valence-corrected chi connectivity index (χ4v) is 5.28. The number of carbonyl (C=O) groups is 1. The van der Waals surface area contributed by atoms with Crippen molar-refractivity contribution >= 4 is 15.9 Å². The van der Waals surface area contributed by atoms with E-state index in [0.29, 0.717) is 25.5 Å². The third-order valence-corrected chi connectivity index (χ3v) is 6.89. The predicted molar refractivity (Wildman–Crippen MR) is 112 cm³/mol. The third-order valence-electron chi connectivity index (χ3n) is 5.94. The highest BCUT2D eigenvalue weighted by Crippen LogP contribution is 2.37. The van der Waals surface area contributed by atoms with E-state index < -0.39 is 51.5 Å². The lowest BCUT2D eigenvalue weighted by Gasteiger charge is -2.42. The summed E-state index contributed by atoms with van der Waals surface area (Å²) in [6.07, 6.45) is 0.567. The fraction of sp³-hybridized carbons (Fsp3) is 0.409. The molecule has 2 atom stereocenters. The lowest BCUT2D eigenvalue weighted by molar-refractivity contribution is -0.136. The second-order valence-corrected chi connectivity index (χ2v) is 9.77. The van der Waals surface area contributed by atoms with Crippen molar-refractivity contribution in [2.24, 2.45) is 0 Å². The summed E-state index contributed by atoms with van der Waals surface area (Å²) in [5, 5.41) is 0. The number of hydrogen-bond acceptors (Lipinski definition) is 4. The molecule has 11 heteroatoms. The van der Waals surface area contributed by atoms with Gasteiger partial charge in [-0.1, -0.05) is 18.2 Å². The molecule has 2 aromatic rings. The number of sulfonamides is 1. The Morgan fingerprint density at radius 3 is 2.70 bits per heavy atom. The zero-order chi connectivity index (χ0) is 23.8. The number of piperidine rings is 1. The van der Waals surface area contributed by atoms with Gasteiger partial charge in [0.05, 0.1) is 19.1 Å². The van der Waals surface area contributed by atoms with Crippen molar-refractivity contribution in [1.82, 2.24) is 9.62 Å². The molecule has 6 nitrogen and oxygen atoms in total. The fourth-order valence-electron chi connectivity index (χ4n) is 4.48. The number of amides is 1. The van der Waals surface area contributed by atoms with Crippen LogP contribution in [0, 0.1) is 17.5 Å². The maximum atomic E-state index is 15.6. The molecule has 0 unspecified atom stereocenters. The summed E-state index contributed by atoms with van der Waals surface area (Å²) in [5.74, 6) is -3.45. The van der Waals surface area contributed by atoms with Gasteiger partial charge in [-0.3, -0.25) is 4.79 Å². The summed E-state index contributed by atoms with van der Waals surface area (Å²) in [5.41, 5.74) is -0.0936. The first-order valence-electron chi connectivity index (χ1n) is 10.4. The number of benzene rings is 2. The molecular formula is C22H22F4N2O4S. The van der Waals surface area contributed by atoms with Gasteiger partial charge in [-0.2, -0.15) is 0 Å². The normalized spacial score (nSPS) is 21.3. The number of halogens is 4. The molecule has 0 spiro atoms. The van der Waals surface area contributed by atoms with Gasteiger partial charge >= 0.3 is 0 Å². The molecule has 1 amide bonds. The topological polar surface area (TPSA) is 75.7 Å². The van der Waals surface area contributed by atoms with Crippen molar-refractivity contribution in [3.05, 3.63) is 53.3 Å². The lowest BCUT2D eigenvalue weighted by atomic mass is 9.89. The molecule has 2 bridgehead atoms. The first-order valence-corrected chi connectivity index (χ1v) is 12.1. The summed E-state index contributed by atoms with van der Waals surface area (Å²) in [6, 6.07) is 2.68. The Kier molecular flexibility index (Phi) is 6.62. The summed E-state index contributed by atoms with van der Waals surface area (Å²) < 4.78 is 88.5. The van der Waals surface area contributed by atoms with Gasteiger partial charge in [0.2, 0.25) is 21.9 Å². The number of alkyl halides is 1. The van der Waals surface area contributed by atoms with Crippen LogP contribution in [0.15, 0.2) is 30.3 Å². The number of rotatable bonds is 3. The standard InChI is InChI=1S/C22H22F4N2O4S/c23-12-33(30,31)27-18-5-2-7-28-19(18)9-13-3-1-4-15(21(13)26)16-10-14(24)11-17(25)22(16)32-8-6-20(28)29/h1,3-4,10-11,18-19,27H,2,5-9,12H2/t18-,19-/m0/s1. The smallest absolute Gasteiger partial charge is 0.241 e. The molecule has 2 aliphatic rings. The van der Waals surface area contributed by atoms with E-state index in [9.17, 15) is 26.4 Å². The van der Waals surface area contributed by atoms with E-state index in [1.807, 2.05) is 0 Å². The number of ether oxygens (including phenoxy) is 1. The average Bonchev–Trinajstić information content (AvgIpc) is 2.76. The van der Waals surface area contributed by atoms with Crippen molar-refractivity contribution in [2.75, 3.05) is 19.2 Å². The summed E-state index contributed by atoms with van der Waals surface area (Å²) >= 11 is 0. The summed E-state index contributed by atoms with van der Waals surface area (Å²) in [7, 11) is -4.22. The Morgan fingerprint density at radius 1 is 1.15 bits per heavy atom. The second-order valence-electron chi connectivity index (χ2n) is 8.09. The molecule has 1 fully saturated rings. The zero-order valence-electron chi connectivity index (χ0n) is 17.5. The largest absolute Gasteiger partial charge is 0.489 e. The Bertz CT molecular complexity index is 1180. The SMILES string of the molecule is O=C1CCOc2c(F)cc(F)cc2-c2cccc(c2F)C[C@H]2[C@@H](NS(=O)(=O)CF)CCCN12. The van der Waals surface area contributed by atoms with E-state index in [1.165, 1.54) is 23.1 Å². The molecule has 1 saturated heterocycles. The molecule has 33 heavy (non-hydrogen) atoms. The number of carbonyl (C=O) groups excluding carboxylic acids is 1. The molecular weight excluding hydrogens is 464 g/mol. The van der Waals surface area contributed by atoms with Crippen molar-refractivity contribution in [3.8, 4) is 16.9 Å². The summed E-state index contributed by atoms with van der Waals surface area (Å²) in [4.78, 5) is 14.4. The Labute approximate surface area is 188 Å². The highest BCUT2D eigenvalue weighted by molar-refractivity contribution is 7.89. The van der Waals surface area contributed by atoms with Crippen LogP contribution >= 0.6 is 0 Å². The minimum Gasteiger partial charge on any atom is -0.489 e. The molecule has 0 radical (unpaired) electrons. The monoisotopic (exact) mass is 486 g/mol. The number of hydrogen-bond donors (Lipinski definition) is 1. The highest BCUT2D eigenvalue weighted by atomic mass is 32.2. The van der Waals surface area contributed by atoms with Crippen LogP contribution in [0.3, 0.4) is 0 Å². The van der Waals surface area contributed by atoms with Gasteiger partial charge in [0.15, 0.2) is 11.6 Å². The minimum atomic E-state index is -4.22. The van der Waals surface area contributed by atoms with Crippen LogP contribution in [0.5, 0.6) is 5.75 Å². The molecule has 0 saturated carbocycles. The van der Waals surface area contributed by atoms with Gasteiger partial charge in [-0.05, 0) is 30.9 Å². The molecule has 4 rings (SSSR count). The average molecular weight is 486 g/mol. The maximum Gasteiger partial charge on any atom is 0.241 e. The Morgan fingerprint density at radius 2 is 1.94 bits per heavy atom. The summed E-state index contributed by atoms with van der Waals surface area (Å²) in [6.45, 7) is 0.0502. The van der Waals surface area contributed by atoms with Crippen molar-refractivity contribution in [3.63, 3.8) is 0 Å². The Balaban J connectivity index is 1.82. The minimum absolute atomic E-state index is 0.0706. The molecule has 2 heterocycles.